The van der Waals surface area contributed by atoms with Crippen LogP contribution in [0.4, 0.5) is 0 Å². The van der Waals surface area contributed by atoms with Crippen LogP contribution in [0.5, 0.6) is 0 Å². The predicted octanol–water partition coefficient (Wildman–Crippen LogP) is -0.404. The Kier molecular flexibility index (Phi) is 2.17. The van der Waals surface area contributed by atoms with Crippen molar-refractivity contribution in [1.29, 1.82) is 0 Å². The lowest BCUT2D eigenvalue weighted by molar-refractivity contribution is 0.281. The molecule has 1 unspecified atom stereocenters. The molecule has 19 heavy (non-hydrogen) atoms. The summed E-state index contributed by atoms with van der Waals surface area (Å²) in [5.74, 6) is 0. The van der Waals surface area contributed by atoms with Crippen LogP contribution < -0.4 is 11.2 Å². The minimum atomic E-state index is -2.64. The summed E-state index contributed by atoms with van der Waals surface area (Å²) in [6.07, 6.45) is -1.45. The fourth-order valence-electron chi connectivity index (χ4n) is 1.87. The lowest BCUT2D eigenvalue weighted by Gasteiger charge is -2.08. The molecule has 7 heteroatoms. The molecule has 1 N–H and O–H groups in total. The van der Waals surface area contributed by atoms with E-state index >= 15 is 0 Å². The molecule has 2 aromatic heterocycles. The molecular weight excluding hydrogens is 248 g/mol. The summed E-state index contributed by atoms with van der Waals surface area (Å²) in [5, 5.41) is 9.05. The van der Waals surface area contributed by atoms with E-state index in [2.05, 4.69) is 4.98 Å². The number of hydrogen-bond acceptors (Lipinski definition) is 4. The van der Waals surface area contributed by atoms with Gasteiger partial charge < -0.3 is 9.67 Å². The largest absolute Gasteiger partial charge is 0.396 e. The number of nitrogens with zero attached hydrogens (tertiary/aromatic N) is 4. The molecule has 0 aliphatic heterocycles. The van der Waals surface area contributed by atoms with Gasteiger partial charge in [0.25, 0.3) is 5.56 Å². The van der Waals surface area contributed by atoms with E-state index in [4.69, 9.17) is 13.3 Å². The highest BCUT2D eigenvalue weighted by molar-refractivity contribution is 5.69. The smallest absolute Gasteiger partial charge is 0.332 e. The van der Waals surface area contributed by atoms with E-state index in [-0.39, 0.29) is 30.6 Å². The fourth-order valence-corrected chi connectivity index (χ4v) is 1.87. The van der Waals surface area contributed by atoms with Crippen molar-refractivity contribution in [3.05, 3.63) is 27.2 Å². The molecule has 0 saturated heterocycles. The van der Waals surface area contributed by atoms with Gasteiger partial charge >= 0.3 is 5.69 Å². The molecule has 0 aliphatic carbocycles. The highest BCUT2D eigenvalue weighted by Crippen LogP contribution is 2.03. The van der Waals surface area contributed by atoms with E-state index in [9.17, 15) is 9.59 Å². The number of aromatic nitrogens is 4. The molecule has 0 amide bonds. The summed E-state index contributed by atoms with van der Waals surface area (Å²) in [6.45, 7) is -4.76. The van der Waals surface area contributed by atoms with Crippen LogP contribution >= 0.6 is 0 Å². The summed E-state index contributed by atoms with van der Waals surface area (Å²) in [5.41, 5.74) is -1.84. The summed E-state index contributed by atoms with van der Waals surface area (Å²) >= 11 is 0. The Labute approximate surface area is 118 Å². The van der Waals surface area contributed by atoms with Gasteiger partial charge in [-0.25, -0.2) is 9.78 Å². The van der Waals surface area contributed by atoms with Gasteiger partial charge in [0, 0.05) is 34.0 Å². The van der Waals surface area contributed by atoms with Crippen LogP contribution in [0, 0.1) is 0 Å². The topological polar surface area (TPSA) is 82.1 Å². The molecule has 2 aromatic rings. The lowest BCUT2D eigenvalue weighted by Crippen LogP contribution is -2.39. The van der Waals surface area contributed by atoms with Gasteiger partial charge in [0.15, 0.2) is 11.2 Å². The lowest BCUT2D eigenvalue weighted by atomic mass is 10.2. The van der Waals surface area contributed by atoms with Gasteiger partial charge in [-0.15, -0.1) is 0 Å². The molecule has 7 nitrogen and oxygen atoms in total. The van der Waals surface area contributed by atoms with Crippen molar-refractivity contribution in [2.45, 2.75) is 25.8 Å². The summed E-state index contributed by atoms with van der Waals surface area (Å²) in [6, 6.07) is 0. The molecule has 0 aromatic carbocycles. The Morgan fingerprint density at radius 1 is 1.47 bits per heavy atom. The Morgan fingerprint density at radius 3 is 2.95 bits per heavy atom. The van der Waals surface area contributed by atoms with Crippen molar-refractivity contribution in [3.8, 4) is 0 Å². The van der Waals surface area contributed by atoms with Crippen molar-refractivity contribution in [1.82, 2.24) is 18.7 Å². The first-order chi connectivity index (χ1) is 11.4. The molecule has 104 valence electrons. The molecule has 0 aliphatic rings. The third kappa shape index (κ3) is 2.33. The first-order valence-corrected chi connectivity index (χ1v) is 5.65. The van der Waals surface area contributed by atoms with Crippen LogP contribution in [0.1, 0.15) is 27.4 Å². The number of fused-ring (bicyclic) bond motifs is 1. The highest BCUT2D eigenvalue weighted by Gasteiger charge is 2.14. The van der Waals surface area contributed by atoms with E-state index in [1.165, 1.54) is 7.05 Å². The molecule has 0 spiro atoms. The average Bonchev–Trinajstić information content (AvgIpc) is 2.93. The minimum Gasteiger partial charge on any atom is -0.396 e. The number of imidazole rings is 1. The van der Waals surface area contributed by atoms with Crippen LogP contribution in [0.25, 0.3) is 11.2 Å². The Morgan fingerprint density at radius 2 is 2.26 bits per heavy atom. The van der Waals surface area contributed by atoms with E-state index in [1.807, 2.05) is 0 Å². The van der Waals surface area contributed by atoms with Crippen molar-refractivity contribution in [3.63, 3.8) is 0 Å². The van der Waals surface area contributed by atoms with E-state index < -0.39 is 31.2 Å². The van der Waals surface area contributed by atoms with Crippen LogP contribution in [-0.2, 0) is 20.6 Å². The quantitative estimate of drug-likeness (QED) is 0.802. The molecule has 2 rings (SSSR count). The standard InChI is InChI=1S/C12H18N4O3/c1-14-8-13-10-9(14)11(18)16(12(19)15(10)2)6-4-3-5-7-17/h8,17H,3-7H2,1-2H3/i1D3,5D2,7D. The zero-order valence-electron chi connectivity index (χ0n) is 16.3. The van der Waals surface area contributed by atoms with Gasteiger partial charge in [-0.1, -0.05) is 0 Å². The van der Waals surface area contributed by atoms with Gasteiger partial charge in [-0.2, -0.15) is 0 Å². The van der Waals surface area contributed by atoms with Gasteiger partial charge in [-0.3, -0.25) is 13.9 Å². The second-order valence-corrected chi connectivity index (χ2v) is 4.02. The summed E-state index contributed by atoms with van der Waals surface area (Å²) < 4.78 is 46.9. The SMILES string of the molecule is [2H]C(O)C([2H])([2H])CCCn1c(=O)c2c(ncn2C([2H])([2H])[2H])n(C)c1=O. The number of aryl methyl sites for hydroxylation is 2. The second-order valence-electron chi connectivity index (χ2n) is 4.02. The monoisotopic (exact) mass is 272 g/mol. The maximum absolute atomic E-state index is 12.6. The van der Waals surface area contributed by atoms with Gasteiger partial charge in [-0.05, 0) is 19.2 Å². The third-order valence-electron chi connectivity index (χ3n) is 2.83. The first-order valence-electron chi connectivity index (χ1n) is 8.73. The molecule has 0 radical (unpaired) electrons. The second kappa shape index (κ2) is 5.40. The van der Waals surface area contributed by atoms with E-state index in [1.54, 1.807) is 0 Å². The number of aliphatic hydroxyl groups is 1. The van der Waals surface area contributed by atoms with E-state index in [0.29, 0.717) is 4.57 Å². The molecular formula is C12H18N4O3. The summed E-state index contributed by atoms with van der Waals surface area (Å²) in [7, 11) is 1.35. The van der Waals surface area contributed by atoms with Crippen LogP contribution in [0.2, 0.25) is 0 Å². The maximum Gasteiger partial charge on any atom is 0.332 e. The molecule has 1 atom stereocenters. The van der Waals surface area contributed by atoms with Gasteiger partial charge in [0.05, 0.1) is 7.70 Å². The normalized spacial score (nSPS) is 19.1. The Balaban J connectivity index is 2.48. The van der Waals surface area contributed by atoms with Gasteiger partial charge in [0.1, 0.15) is 0 Å². The molecule has 0 fully saturated rings. The van der Waals surface area contributed by atoms with Crippen LogP contribution in [-0.4, -0.2) is 30.4 Å². The number of aliphatic hydroxyl groups excluding tert-OH is 1. The zero-order valence-corrected chi connectivity index (χ0v) is 10.3. The Hall–Kier alpha value is -1.89. The average molecular weight is 272 g/mol. The third-order valence-corrected chi connectivity index (χ3v) is 2.83. The fraction of sp³-hybridized carbons (Fsp3) is 0.583. The zero-order chi connectivity index (χ0) is 19.2. The molecule has 0 saturated carbocycles. The predicted molar refractivity (Wildman–Crippen MR) is 71.2 cm³/mol. The van der Waals surface area contributed by atoms with Crippen molar-refractivity contribution < 1.29 is 13.3 Å². The number of hydrogen-bond donors (Lipinski definition) is 1. The van der Waals surface area contributed by atoms with Crippen molar-refractivity contribution in [2.24, 2.45) is 14.0 Å². The number of rotatable bonds is 5. The first kappa shape index (κ1) is 7.64. The van der Waals surface area contributed by atoms with Crippen LogP contribution in [0.3, 0.4) is 0 Å². The Bertz CT molecular complexity index is 895. The van der Waals surface area contributed by atoms with Crippen molar-refractivity contribution >= 4 is 11.2 Å². The van der Waals surface area contributed by atoms with Crippen molar-refractivity contribution in [2.75, 3.05) is 6.58 Å². The summed E-state index contributed by atoms with van der Waals surface area (Å²) in [4.78, 5) is 28.7. The maximum atomic E-state index is 12.6. The molecule has 2 heterocycles. The highest BCUT2D eigenvalue weighted by atomic mass is 16.3. The minimum absolute atomic E-state index is 0.00545. The molecule has 0 bridgehead atoms. The van der Waals surface area contributed by atoms with Crippen LogP contribution in [0.15, 0.2) is 15.9 Å². The van der Waals surface area contributed by atoms with Gasteiger partial charge in [0.2, 0.25) is 0 Å². The van der Waals surface area contributed by atoms with E-state index in [0.717, 1.165) is 15.5 Å².